The Bertz CT molecular complexity index is 249. The highest BCUT2D eigenvalue weighted by atomic mass is 32.5. The van der Waals surface area contributed by atoms with Gasteiger partial charge in [0.25, 0.3) is 0 Å². The fraction of sp³-hybridized carbons (Fsp3) is 1.00. The van der Waals surface area contributed by atoms with Gasteiger partial charge >= 0.3 is 6.72 Å². The number of hydrogen-bond donors (Lipinski definition) is 2. The van der Waals surface area contributed by atoms with Gasteiger partial charge < -0.3 is 19.3 Å². The maximum Gasteiger partial charge on any atom is 0.324 e. The third kappa shape index (κ3) is 12.9. The van der Waals surface area contributed by atoms with Gasteiger partial charge in [0.1, 0.15) is 0 Å². The van der Waals surface area contributed by atoms with Crippen LogP contribution in [0.3, 0.4) is 0 Å². The molecule has 4 nitrogen and oxygen atoms in total. The summed E-state index contributed by atoms with van der Waals surface area (Å²) in [6, 6.07) is 0.557. The van der Waals surface area contributed by atoms with Crippen molar-refractivity contribution in [1.82, 2.24) is 5.32 Å². The van der Waals surface area contributed by atoms with Gasteiger partial charge in [0, 0.05) is 6.04 Å². The number of nitrogens with one attached hydrogen (secondary N) is 1. The summed E-state index contributed by atoms with van der Waals surface area (Å²) in [6.45, 7) is 6.51. The van der Waals surface area contributed by atoms with Crippen LogP contribution in [-0.2, 0) is 20.9 Å². The van der Waals surface area contributed by atoms with Gasteiger partial charge in [0.15, 0.2) is 0 Å². The van der Waals surface area contributed by atoms with Crippen LogP contribution in [0.5, 0.6) is 0 Å². The zero-order chi connectivity index (χ0) is 14.0. The van der Waals surface area contributed by atoms with Crippen LogP contribution in [0.2, 0.25) is 0 Å². The van der Waals surface area contributed by atoms with Crippen LogP contribution in [0.15, 0.2) is 0 Å². The predicted octanol–water partition coefficient (Wildman–Crippen LogP) is 3.20. The van der Waals surface area contributed by atoms with Crippen molar-refractivity contribution in [3.05, 3.63) is 0 Å². The molecule has 0 aliphatic heterocycles. The first kappa shape index (κ1) is 18.5. The van der Waals surface area contributed by atoms with Crippen molar-refractivity contribution in [2.45, 2.75) is 65.5 Å². The van der Waals surface area contributed by atoms with Gasteiger partial charge in [-0.05, 0) is 45.0 Å². The van der Waals surface area contributed by atoms with E-state index in [4.69, 9.17) is 20.9 Å². The molecular formula is C12H28NO3PS. The first-order valence-corrected chi connectivity index (χ1v) is 9.31. The van der Waals surface area contributed by atoms with E-state index >= 15 is 0 Å². The van der Waals surface area contributed by atoms with E-state index < -0.39 is 6.72 Å². The summed E-state index contributed by atoms with van der Waals surface area (Å²) in [5, 5.41) is 3.38. The fourth-order valence-electron chi connectivity index (χ4n) is 1.45. The Kier molecular flexibility index (Phi) is 10.6. The minimum absolute atomic E-state index is 0.0945. The zero-order valence-corrected chi connectivity index (χ0v) is 13.7. The molecule has 18 heavy (non-hydrogen) atoms. The lowest BCUT2D eigenvalue weighted by atomic mass is 10.2. The maximum atomic E-state index is 9.66. The van der Waals surface area contributed by atoms with Crippen molar-refractivity contribution in [1.29, 1.82) is 0 Å². The van der Waals surface area contributed by atoms with E-state index in [0.717, 1.165) is 19.4 Å². The van der Waals surface area contributed by atoms with Gasteiger partial charge in [-0.2, -0.15) is 0 Å². The van der Waals surface area contributed by atoms with Crippen LogP contribution >= 0.6 is 6.72 Å². The number of unbranched alkanes of at least 4 members (excludes halogenated alkanes) is 3. The van der Waals surface area contributed by atoms with Crippen LogP contribution in [0.25, 0.3) is 0 Å². The van der Waals surface area contributed by atoms with E-state index in [-0.39, 0.29) is 6.10 Å². The van der Waals surface area contributed by atoms with Crippen LogP contribution in [0, 0.1) is 0 Å². The molecule has 0 heterocycles. The molecule has 0 aliphatic rings. The van der Waals surface area contributed by atoms with Gasteiger partial charge in [-0.3, -0.25) is 0 Å². The molecule has 110 valence electrons. The number of rotatable bonds is 11. The predicted molar refractivity (Wildman–Crippen MR) is 80.3 cm³/mol. The van der Waals surface area contributed by atoms with Crippen molar-refractivity contribution in [3.8, 4) is 0 Å². The summed E-state index contributed by atoms with van der Waals surface area (Å²) in [7, 11) is 0. The molecule has 0 aromatic heterocycles. The zero-order valence-electron chi connectivity index (χ0n) is 12.0. The van der Waals surface area contributed by atoms with Crippen molar-refractivity contribution in [2.24, 2.45) is 0 Å². The Morgan fingerprint density at radius 1 is 1.11 bits per heavy atom. The topological polar surface area (TPSA) is 50.7 Å². The second-order valence-electron chi connectivity index (χ2n) is 4.98. The van der Waals surface area contributed by atoms with Crippen molar-refractivity contribution in [2.75, 3.05) is 13.2 Å². The van der Waals surface area contributed by atoms with Gasteiger partial charge in [-0.1, -0.05) is 26.7 Å². The molecule has 0 amide bonds. The van der Waals surface area contributed by atoms with Crippen molar-refractivity contribution < 1.29 is 13.9 Å². The smallest absolute Gasteiger partial charge is 0.324 e. The third-order valence-corrected chi connectivity index (χ3v) is 3.99. The summed E-state index contributed by atoms with van der Waals surface area (Å²) in [5.74, 6) is 0. The second-order valence-corrected chi connectivity index (χ2v) is 7.77. The van der Waals surface area contributed by atoms with Gasteiger partial charge in [-0.25, -0.2) is 0 Å². The summed E-state index contributed by atoms with van der Waals surface area (Å²) >= 11 is 4.88. The van der Waals surface area contributed by atoms with E-state index in [9.17, 15) is 4.89 Å². The largest absolute Gasteiger partial charge is 0.324 e. The quantitative estimate of drug-likeness (QED) is 0.453. The Morgan fingerprint density at radius 3 is 2.28 bits per heavy atom. The lowest BCUT2D eigenvalue weighted by Gasteiger charge is -2.17. The molecule has 0 aliphatic carbocycles. The lowest BCUT2D eigenvalue weighted by molar-refractivity contribution is 0.160. The normalized spacial score (nSPS) is 15.3. The van der Waals surface area contributed by atoms with Crippen molar-refractivity contribution in [3.63, 3.8) is 0 Å². The maximum absolute atomic E-state index is 9.66. The molecule has 0 rings (SSSR count). The average molecular weight is 297 g/mol. The molecule has 0 radical (unpaired) electrons. The SMILES string of the molecule is CC(C)NCCCCCCOP(O)(=S)OC(C)C. The molecule has 0 spiro atoms. The Labute approximate surface area is 117 Å². The molecule has 6 heteroatoms. The van der Waals surface area contributed by atoms with E-state index in [0.29, 0.717) is 12.6 Å². The van der Waals surface area contributed by atoms with E-state index in [1.165, 1.54) is 12.8 Å². The lowest BCUT2D eigenvalue weighted by Crippen LogP contribution is -2.23. The van der Waals surface area contributed by atoms with Gasteiger partial charge in [0.05, 0.1) is 12.7 Å². The van der Waals surface area contributed by atoms with Gasteiger partial charge in [0.2, 0.25) is 0 Å². The molecular weight excluding hydrogens is 269 g/mol. The van der Waals surface area contributed by atoms with Crippen LogP contribution in [0.4, 0.5) is 0 Å². The molecule has 0 saturated carbocycles. The first-order valence-electron chi connectivity index (χ1n) is 6.72. The fourth-order valence-corrected chi connectivity index (χ4v) is 3.14. The summed E-state index contributed by atoms with van der Waals surface area (Å²) in [5.41, 5.74) is 0. The van der Waals surface area contributed by atoms with Crippen LogP contribution < -0.4 is 5.32 Å². The highest BCUT2D eigenvalue weighted by Crippen LogP contribution is 2.44. The highest BCUT2D eigenvalue weighted by molar-refractivity contribution is 8.07. The third-order valence-electron chi connectivity index (χ3n) is 2.22. The van der Waals surface area contributed by atoms with E-state index in [1.807, 2.05) is 13.8 Å². The Hall–Kier alpha value is 0.490. The van der Waals surface area contributed by atoms with E-state index in [1.54, 1.807) is 0 Å². The minimum atomic E-state index is -3.00. The molecule has 0 bridgehead atoms. The molecule has 0 aromatic rings. The second kappa shape index (κ2) is 10.3. The monoisotopic (exact) mass is 297 g/mol. The summed E-state index contributed by atoms with van der Waals surface area (Å²) < 4.78 is 10.4. The standard InChI is InChI=1S/C12H28NO3PS/c1-11(2)13-9-7-5-6-8-10-15-17(14,18)16-12(3)4/h11-13H,5-10H2,1-4H3,(H,14,18). The van der Waals surface area contributed by atoms with Crippen LogP contribution in [-0.4, -0.2) is 30.2 Å². The molecule has 0 fully saturated rings. The summed E-state index contributed by atoms with van der Waals surface area (Å²) in [6.07, 6.45) is 4.26. The minimum Gasteiger partial charge on any atom is -0.324 e. The molecule has 0 aromatic carbocycles. The van der Waals surface area contributed by atoms with Crippen LogP contribution in [0.1, 0.15) is 53.4 Å². The summed E-state index contributed by atoms with van der Waals surface area (Å²) in [4.78, 5) is 9.66. The first-order chi connectivity index (χ1) is 8.33. The highest BCUT2D eigenvalue weighted by Gasteiger charge is 2.16. The molecule has 0 saturated heterocycles. The molecule has 1 unspecified atom stereocenters. The van der Waals surface area contributed by atoms with Crippen molar-refractivity contribution >= 4 is 18.5 Å². The molecule has 2 N–H and O–H groups in total. The Balaban J connectivity index is 3.37. The average Bonchev–Trinajstić information content (AvgIpc) is 2.19. The van der Waals surface area contributed by atoms with E-state index in [2.05, 4.69) is 19.2 Å². The number of hydrogen-bond acceptors (Lipinski definition) is 4. The van der Waals surface area contributed by atoms with Gasteiger partial charge in [-0.15, -0.1) is 0 Å². The molecule has 1 atom stereocenters. The Morgan fingerprint density at radius 2 is 1.72 bits per heavy atom.